The van der Waals surface area contributed by atoms with Crippen molar-refractivity contribution in [1.82, 2.24) is 0 Å². The van der Waals surface area contributed by atoms with E-state index >= 15 is 0 Å². The summed E-state index contributed by atoms with van der Waals surface area (Å²) in [5.41, 5.74) is 2.11. The highest BCUT2D eigenvalue weighted by Gasteiger charge is 2.37. The number of hydrogen-bond acceptors (Lipinski definition) is 3. The Kier molecular flexibility index (Phi) is 5.60. The fourth-order valence-corrected chi connectivity index (χ4v) is 3.39. The van der Waals surface area contributed by atoms with Crippen molar-refractivity contribution in [2.24, 2.45) is 5.92 Å². The van der Waals surface area contributed by atoms with Crippen LogP contribution in [-0.4, -0.2) is 31.3 Å². The van der Waals surface area contributed by atoms with Gasteiger partial charge in [0.15, 0.2) is 0 Å². The summed E-state index contributed by atoms with van der Waals surface area (Å²) in [7, 11) is 1.68. The second-order valence-corrected chi connectivity index (χ2v) is 7.34. The van der Waals surface area contributed by atoms with Crippen LogP contribution in [0, 0.1) is 5.92 Å². The maximum absolute atomic E-state index is 12.7. The third-order valence-electron chi connectivity index (χ3n) is 4.64. The lowest BCUT2D eigenvalue weighted by Crippen LogP contribution is -2.33. The highest BCUT2D eigenvalue weighted by molar-refractivity contribution is 9.10. The zero-order chi connectivity index (χ0) is 19.6. The zero-order valence-corrected chi connectivity index (χ0v) is 16.7. The molecular weight excluding hydrogens is 410 g/mol. The minimum Gasteiger partial charge on any atom is -0.325 e. The first-order valence-corrected chi connectivity index (χ1v) is 9.38. The van der Waals surface area contributed by atoms with Gasteiger partial charge in [-0.25, -0.2) is 0 Å². The average molecular weight is 430 g/mol. The van der Waals surface area contributed by atoms with Crippen molar-refractivity contribution in [3.8, 4) is 0 Å². The number of carbonyl (C=O) groups is 3. The SMILES string of the molecule is CC(=O)N(C)c1ccc(NC(=O)[C@H]2CCN(c3cccc(Br)c3)C2=O)cc1. The molecule has 140 valence electrons. The molecule has 3 rings (SSSR count). The molecule has 0 aromatic heterocycles. The van der Waals surface area contributed by atoms with Crippen LogP contribution in [0.2, 0.25) is 0 Å². The van der Waals surface area contributed by atoms with Crippen molar-refractivity contribution in [3.63, 3.8) is 0 Å². The maximum atomic E-state index is 12.7. The summed E-state index contributed by atoms with van der Waals surface area (Å²) >= 11 is 3.40. The Bertz CT molecular complexity index is 882. The lowest BCUT2D eigenvalue weighted by molar-refractivity contribution is -0.129. The second-order valence-electron chi connectivity index (χ2n) is 6.43. The predicted molar refractivity (Wildman–Crippen MR) is 109 cm³/mol. The molecule has 0 radical (unpaired) electrons. The van der Waals surface area contributed by atoms with Crippen molar-refractivity contribution < 1.29 is 14.4 Å². The molecule has 1 heterocycles. The highest BCUT2D eigenvalue weighted by atomic mass is 79.9. The van der Waals surface area contributed by atoms with E-state index in [1.165, 1.54) is 11.8 Å². The molecule has 3 amide bonds. The van der Waals surface area contributed by atoms with E-state index < -0.39 is 5.92 Å². The summed E-state index contributed by atoms with van der Waals surface area (Å²) in [5.74, 6) is -1.29. The molecule has 1 aliphatic rings. The van der Waals surface area contributed by atoms with Crippen molar-refractivity contribution in [3.05, 3.63) is 53.0 Å². The van der Waals surface area contributed by atoms with Crippen LogP contribution in [0.1, 0.15) is 13.3 Å². The summed E-state index contributed by atoms with van der Waals surface area (Å²) in [6.45, 7) is 1.99. The van der Waals surface area contributed by atoms with Gasteiger partial charge < -0.3 is 15.1 Å². The molecule has 0 saturated carbocycles. The van der Waals surface area contributed by atoms with Crippen LogP contribution in [0.3, 0.4) is 0 Å². The summed E-state index contributed by atoms with van der Waals surface area (Å²) in [5, 5.41) is 2.79. The van der Waals surface area contributed by atoms with Gasteiger partial charge in [-0.2, -0.15) is 0 Å². The Balaban J connectivity index is 1.66. The van der Waals surface area contributed by atoms with Crippen LogP contribution in [-0.2, 0) is 14.4 Å². The number of benzene rings is 2. The van der Waals surface area contributed by atoms with E-state index in [1.54, 1.807) is 36.2 Å². The molecule has 1 aliphatic heterocycles. The minimum absolute atomic E-state index is 0.0732. The maximum Gasteiger partial charge on any atom is 0.239 e. The van der Waals surface area contributed by atoms with E-state index in [9.17, 15) is 14.4 Å². The first kappa shape index (κ1) is 19.1. The number of halogens is 1. The number of amides is 3. The van der Waals surface area contributed by atoms with Crippen molar-refractivity contribution in [2.75, 3.05) is 28.7 Å². The number of hydrogen-bond donors (Lipinski definition) is 1. The minimum atomic E-state index is -0.705. The Labute approximate surface area is 166 Å². The van der Waals surface area contributed by atoms with Crippen LogP contribution < -0.4 is 15.1 Å². The van der Waals surface area contributed by atoms with Crippen LogP contribution in [0.5, 0.6) is 0 Å². The van der Waals surface area contributed by atoms with Crippen molar-refractivity contribution in [1.29, 1.82) is 0 Å². The second kappa shape index (κ2) is 7.92. The molecule has 7 heteroatoms. The molecule has 0 bridgehead atoms. The molecule has 1 fully saturated rings. The molecule has 2 aromatic rings. The van der Waals surface area contributed by atoms with Crippen LogP contribution in [0.15, 0.2) is 53.0 Å². The lowest BCUT2D eigenvalue weighted by atomic mass is 10.1. The first-order valence-electron chi connectivity index (χ1n) is 8.59. The number of anilines is 3. The number of nitrogens with zero attached hydrogens (tertiary/aromatic N) is 2. The van der Waals surface area contributed by atoms with E-state index in [0.717, 1.165) is 15.8 Å². The molecule has 1 N–H and O–H groups in total. The molecule has 2 aromatic carbocycles. The van der Waals surface area contributed by atoms with E-state index in [2.05, 4.69) is 21.2 Å². The van der Waals surface area contributed by atoms with Gasteiger partial charge in [-0.3, -0.25) is 14.4 Å². The van der Waals surface area contributed by atoms with E-state index in [0.29, 0.717) is 18.7 Å². The first-order chi connectivity index (χ1) is 12.9. The van der Waals surface area contributed by atoms with Gasteiger partial charge in [-0.05, 0) is 48.9 Å². The number of carbonyl (C=O) groups excluding carboxylic acids is 3. The van der Waals surface area contributed by atoms with E-state index in [4.69, 9.17) is 0 Å². The summed E-state index contributed by atoms with van der Waals surface area (Å²) in [6, 6.07) is 14.4. The van der Waals surface area contributed by atoms with E-state index in [1.807, 2.05) is 24.3 Å². The van der Waals surface area contributed by atoms with E-state index in [-0.39, 0.29) is 17.7 Å². The summed E-state index contributed by atoms with van der Waals surface area (Å²) in [4.78, 5) is 39.8. The molecular formula is C20H20BrN3O3. The topological polar surface area (TPSA) is 69.7 Å². The van der Waals surface area contributed by atoms with Gasteiger partial charge in [0.05, 0.1) is 0 Å². The van der Waals surface area contributed by atoms with Crippen LogP contribution >= 0.6 is 15.9 Å². The molecule has 0 spiro atoms. The predicted octanol–water partition coefficient (Wildman–Crippen LogP) is 3.42. The third-order valence-corrected chi connectivity index (χ3v) is 5.13. The van der Waals surface area contributed by atoms with Gasteiger partial charge in [0.1, 0.15) is 5.92 Å². The smallest absolute Gasteiger partial charge is 0.239 e. The molecule has 1 saturated heterocycles. The highest BCUT2D eigenvalue weighted by Crippen LogP contribution is 2.28. The zero-order valence-electron chi connectivity index (χ0n) is 15.1. The quantitative estimate of drug-likeness (QED) is 0.756. The molecule has 1 atom stereocenters. The number of nitrogens with one attached hydrogen (secondary N) is 1. The van der Waals surface area contributed by atoms with Gasteiger partial charge in [0.2, 0.25) is 17.7 Å². The largest absolute Gasteiger partial charge is 0.325 e. The fourth-order valence-electron chi connectivity index (χ4n) is 3.00. The van der Waals surface area contributed by atoms with Gasteiger partial charge in [0.25, 0.3) is 0 Å². The Morgan fingerprint density at radius 1 is 1.19 bits per heavy atom. The monoisotopic (exact) mass is 429 g/mol. The summed E-state index contributed by atoms with van der Waals surface area (Å²) in [6.07, 6.45) is 0.475. The van der Waals surface area contributed by atoms with Gasteiger partial charge >= 0.3 is 0 Å². The number of rotatable bonds is 4. The lowest BCUT2D eigenvalue weighted by Gasteiger charge is -2.17. The third kappa shape index (κ3) is 4.19. The van der Waals surface area contributed by atoms with Gasteiger partial charge in [-0.15, -0.1) is 0 Å². The molecule has 27 heavy (non-hydrogen) atoms. The van der Waals surface area contributed by atoms with Crippen LogP contribution in [0.4, 0.5) is 17.1 Å². The Morgan fingerprint density at radius 2 is 1.89 bits per heavy atom. The molecule has 0 unspecified atom stereocenters. The average Bonchev–Trinajstić information content (AvgIpc) is 3.03. The van der Waals surface area contributed by atoms with Crippen LogP contribution in [0.25, 0.3) is 0 Å². The molecule has 0 aliphatic carbocycles. The van der Waals surface area contributed by atoms with Crippen molar-refractivity contribution in [2.45, 2.75) is 13.3 Å². The summed E-state index contributed by atoms with van der Waals surface area (Å²) < 4.78 is 0.885. The standard InChI is InChI=1S/C20H20BrN3O3/c1-13(25)23(2)16-8-6-15(7-9-16)22-19(26)18-10-11-24(20(18)27)17-5-3-4-14(21)12-17/h3-9,12,18H,10-11H2,1-2H3,(H,22,26)/t18-/m1/s1. The Morgan fingerprint density at radius 3 is 2.52 bits per heavy atom. The van der Waals surface area contributed by atoms with Gasteiger partial charge in [-0.1, -0.05) is 22.0 Å². The Hall–Kier alpha value is -2.67. The normalized spacial score (nSPS) is 16.3. The molecule has 6 nitrogen and oxygen atoms in total. The van der Waals surface area contributed by atoms with Gasteiger partial charge in [0, 0.05) is 42.1 Å². The van der Waals surface area contributed by atoms with Crippen molar-refractivity contribution >= 4 is 50.7 Å². The fraction of sp³-hybridized carbons (Fsp3) is 0.250.